The Bertz CT molecular complexity index is 1200. The molecule has 1 saturated carbocycles. The number of anilines is 1. The minimum Gasteiger partial charge on any atom is -0.710 e. The van der Waals surface area contributed by atoms with Crippen LogP contribution in [0.25, 0.3) is 22.2 Å². The summed E-state index contributed by atoms with van der Waals surface area (Å²) < 4.78 is 33.7. The van der Waals surface area contributed by atoms with Gasteiger partial charge in [0.15, 0.2) is 0 Å². The first kappa shape index (κ1) is 21.4. The number of ether oxygens (including phenoxy) is 1. The average Bonchev–Trinajstić information content (AvgIpc) is 3.23. The van der Waals surface area contributed by atoms with E-state index in [1.807, 2.05) is 0 Å². The normalized spacial score (nSPS) is 19.5. The molecule has 3 heterocycles. The van der Waals surface area contributed by atoms with E-state index in [9.17, 15) is 18.7 Å². The molecule has 0 amide bonds. The van der Waals surface area contributed by atoms with E-state index >= 15 is 0 Å². The number of H-pyrrole nitrogens is 1. The summed E-state index contributed by atoms with van der Waals surface area (Å²) in [4.78, 5) is 7.38. The van der Waals surface area contributed by atoms with Crippen molar-refractivity contribution >= 4 is 26.7 Å². The van der Waals surface area contributed by atoms with Crippen LogP contribution < -0.4 is 14.2 Å². The van der Waals surface area contributed by atoms with E-state index in [-0.39, 0.29) is 18.0 Å². The zero-order valence-electron chi connectivity index (χ0n) is 17.5. The molecule has 0 aliphatic heterocycles. The molecule has 1 fully saturated rings. The zero-order valence-corrected chi connectivity index (χ0v) is 18.3. The fourth-order valence-electron chi connectivity index (χ4n) is 3.86. The highest BCUT2D eigenvalue weighted by Gasteiger charge is 2.24. The van der Waals surface area contributed by atoms with Crippen molar-refractivity contribution in [1.29, 1.82) is 0 Å². The number of hydrogen-bond acceptors (Lipinski definition) is 6. The molecule has 0 spiro atoms. The van der Waals surface area contributed by atoms with Crippen LogP contribution in [0.15, 0.2) is 30.6 Å². The number of fused-ring (bicyclic) bond motifs is 1. The third kappa shape index (κ3) is 4.45. The summed E-state index contributed by atoms with van der Waals surface area (Å²) in [6, 6.07) is 5.22. The summed E-state index contributed by atoms with van der Waals surface area (Å²) in [6.45, 7) is 3.26. The highest BCUT2D eigenvalue weighted by molar-refractivity contribution is 7.92. The van der Waals surface area contributed by atoms with E-state index in [0.29, 0.717) is 59.5 Å². The van der Waals surface area contributed by atoms with Crippen molar-refractivity contribution in [2.75, 3.05) is 10.5 Å². The van der Waals surface area contributed by atoms with Gasteiger partial charge in [-0.3, -0.25) is 4.72 Å². The van der Waals surface area contributed by atoms with Gasteiger partial charge in [-0.1, -0.05) is 0 Å². The number of rotatable bonds is 6. The van der Waals surface area contributed by atoms with Gasteiger partial charge in [0.05, 0.1) is 35.3 Å². The molecule has 0 bridgehead atoms. The van der Waals surface area contributed by atoms with Crippen molar-refractivity contribution in [3.05, 3.63) is 41.5 Å². The van der Waals surface area contributed by atoms with Gasteiger partial charge in [-0.05, 0) is 57.7 Å². The van der Waals surface area contributed by atoms with Crippen LogP contribution in [0.1, 0.15) is 38.3 Å². The second-order valence-corrected chi connectivity index (χ2v) is 9.88. The summed E-state index contributed by atoms with van der Waals surface area (Å²) in [5.41, 5.74) is 2.52. The number of aliphatic hydroxyl groups excluding tert-OH is 1. The fourth-order valence-corrected chi connectivity index (χ4v) is 4.47. The number of aromatic amines is 1. The van der Waals surface area contributed by atoms with Gasteiger partial charge in [0, 0.05) is 11.1 Å². The van der Waals surface area contributed by atoms with Crippen molar-refractivity contribution in [3.8, 4) is 17.0 Å². The standard InChI is InChI=1S/C21H26N4O5S/c1-3-31(28,29)24-14-11-19(18-10-13(2)25(27)20-17(18)8-9-22-20)21(23-12-14)30-16-6-4-15(26)5-7-16/h8-12,15-16,22,24,26H,3-7H2,1-2H3. The van der Waals surface area contributed by atoms with Crippen molar-refractivity contribution in [2.24, 2.45) is 0 Å². The molecule has 0 saturated heterocycles. The van der Waals surface area contributed by atoms with E-state index in [2.05, 4.69) is 14.7 Å². The van der Waals surface area contributed by atoms with Crippen molar-refractivity contribution < 1.29 is 23.0 Å². The van der Waals surface area contributed by atoms with Gasteiger partial charge in [0.2, 0.25) is 15.9 Å². The van der Waals surface area contributed by atoms with E-state index in [1.54, 1.807) is 38.2 Å². The fraction of sp³-hybridized carbons (Fsp3) is 0.429. The second kappa shape index (κ2) is 8.35. The van der Waals surface area contributed by atoms with Crippen LogP contribution in [0.4, 0.5) is 5.69 Å². The van der Waals surface area contributed by atoms with Gasteiger partial charge >= 0.3 is 0 Å². The first-order valence-corrected chi connectivity index (χ1v) is 12.0. The van der Waals surface area contributed by atoms with Gasteiger partial charge in [0.1, 0.15) is 11.8 Å². The Labute approximate surface area is 180 Å². The molecule has 1 aliphatic carbocycles. The lowest BCUT2D eigenvalue weighted by Crippen LogP contribution is -2.31. The lowest BCUT2D eigenvalue weighted by molar-refractivity contribution is -0.586. The Morgan fingerprint density at radius 2 is 2.03 bits per heavy atom. The maximum atomic E-state index is 12.4. The predicted molar refractivity (Wildman–Crippen MR) is 117 cm³/mol. The van der Waals surface area contributed by atoms with Crippen LogP contribution in [0, 0.1) is 12.1 Å². The molecule has 0 atom stereocenters. The molecule has 4 rings (SSSR count). The Kier molecular flexibility index (Phi) is 5.76. The number of pyridine rings is 2. The smallest absolute Gasteiger partial charge is 0.290 e. The summed E-state index contributed by atoms with van der Waals surface area (Å²) in [5, 5.41) is 22.9. The minimum absolute atomic E-state index is 0.0618. The molecule has 3 aromatic heterocycles. The lowest BCUT2D eigenvalue weighted by atomic mass is 9.95. The number of aliphatic hydroxyl groups is 1. The highest BCUT2D eigenvalue weighted by Crippen LogP contribution is 2.37. The summed E-state index contributed by atoms with van der Waals surface area (Å²) >= 11 is 0. The molecule has 31 heavy (non-hydrogen) atoms. The van der Waals surface area contributed by atoms with E-state index in [0.717, 1.165) is 10.3 Å². The van der Waals surface area contributed by atoms with Crippen LogP contribution in [0.2, 0.25) is 0 Å². The second-order valence-electron chi connectivity index (χ2n) is 7.86. The number of nitrogens with zero attached hydrogens (tertiary/aromatic N) is 2. The van der Waals surface area contributed by atoms with E-state index in [4.69, 9.17) is 4.74 Å². The van der Waals surface area contributed by atoms with Crippen LogP contribution in [0.3, 0.4) is 0 Å². The molecule has 166 valence electrons. The summed E-state index contributed by atoms with van der Waals surface area (Å²) in [5.74, 6) is 0.305. The Morgan fingerprint density at radius 1 is 1.29 bits per heavy atom. The van der Waals surface area contributed by atoms with Gasteiger partial charge < -0.3 is 15.1 Å². The molecule has 10 heteroatoms. The first-order chi connectivity index (χ1) is 14.8. The lowest BCUT2D eigenvalue weighted by Gasteiger charge is -2.26. The van der Waals surface area contributed by atoms with Crippen molar-refractivity contribution in [3.63, 3.8) is 0 Å². The molecule has 0 aromatic carbocycles. The minimum atomic E-state index is -3.48. The third-order valence-corrected chi connectivity index (χ3v) is 6.92. The Hall–Kier alpha value is -2.85. The van der Waals surface area contributed by atoms with E-state index in [1.165, 1.54) is 6.20 Å². The monoisotopic (exact) mass is 446 g/mol. The molecular formula is C21H26N4O5S. The van der Waals surface area contributed by atoms with E-state index < -0.39 is 10.0 Å². The third-order valence-electron chi connectivity index (χ3n) is 5.61. The maximum Gasteiger partial charge on any atom is 0.290 e. The largest absolute Gasteiger partial charge is 0.710 e. The van der Waals surface area contributed by atoms with Gasteiger partial charge in [-0.15, -0.1) is 0 Å². The zero-order chi connectivity index (χ0) is 22.2. The number of sulfonamides is 1. The van der Waals surface area contributed by atoms with Crippen molar-refractivity contribution in [2.45, 2.75) is 51.7 Å². The molecular weight excluding hydrogens is 420 g/mol. The average molecular weight is 447 g/mol. The quantitative estimate of drug-likeness (QED) is 0.394. The molecule has 3 aromatic rings. The SMILES string of the molecule is CCS(=O)(=O)Nc1cnc(OC2CCC(O)CC2)c(-c2cc(C)[n+]([O-])c3[nH]ccc23)c1. The molecule has 0 unspecified atom stereocenters. The molecule has 1 aliphatic rings. The molecule has 9 nitrogen and oxygen atoms in total. The van der Waals surface area contributed by atoms with Crippen LogP contribution >= 0.6 is 0 Å². The summed E-state index contributed by atoms with van der Waals surface area (Å²) in [7, 11) is -3.48. The van der Waals surface area contributed by atoms with Crippen LogP contribution in [-0.2, 0) is 10.0 Å². The molecule has 3 N–H and O–H groups in total. The number of nitrogens with one attached hydrogen (secondary N) is 2. The number of hydrogen-bond donors (Lipinski definition) is 3. The van der Waals surface area contributed by atoms with Gasteiger partial charge in [-0.25, -0.2) is 23.1 Å². The van der Waals surface area contributed by atoms with Crippen LogP contribution in [0.5, 0.6) is 5.88 Å². The number of aryl methyl sites for hydroxylation is 1. The highest BCUT2D eigenvalue weighted by atomic mass is 32.2. The molecule has 0 radical (unpaired) electrons. The van der Waals surface area contributed by atoms with Crippen LogP contribution in [-0.4, -0.2) is 41.5 Å². The van der Waals surface area contributed by atoms with Gasteiger partial charge in [-0.2, -0.15) is 0 Å². The Morgan fingerprint density at radius 3 is 2.74 bits per heavy atom. The maximum absolute atomic E-state index is 12.4. The first-order valence-electron chi connectivity index (χ1n) is 10.3. The van der Waals surface area contributed by atoms with Crippen molar-refractivity contribution in [1.82, 2.24) is 9.97 Å². The topological polar surface area (TPSA) is 131 Å². The number of aromatic nitrogens is 3. The van der Waals surface area contributed by atoms with Gasteiger partial charge in [0.25, 0.3) is 5.65 Å². The Balaban J connectivity index is 1.81. The predicted octanol–water partition coefficient (Wildman–Crippen LogP) is 2.62. The summed E-state index contributed by atoms with van der Waals surface area (Å²) in [6.07, 6.45) is 5.46.